The number of halogens is 1. The Morgan fingerprint density at radius 2 is 1.85 bits per heavy atom. The van der Waals surface area contributed by atoms with Crippen molar-refractivity contribution in [3.05, 3.63) is 59.4 Å². The molecule has 1 unspecified atom stereocenters. The van der Waals surface area contributed by atoms with E-state index in [-0.39, 0.29) is 17.8 Å². The summed E-state index contributed by atoms with van der Waals surface area (Å²) >= 11 is 0. The topological polar surface area (TPSA) is 53.3 Å². The van der Waals surface area contributed by atoms with Crippen LogP contribution in [-0.2, 0) is 4.74 Å². The van der Waals surface area contributed by atoms with Gasteiger partial charge >= 0.3 is 6.09 Å². The van der Waals surface area contributed by atoms with Gasteiger partial charge in [0.05, 0.1) is 11.6 Å². The number of nitriles is 1. The Bertz CT molecular complexity index is 879. The van der Waals surface area contributed by atoms with Gasteiger partial charge in [-0.3, -0.25) is 0 Å². The number of benzene rings is 2. The van der Waals surface area contributed by atoms with Crippen LogP contribution in [0.1, 0.15) is 44.2 Å². The van der Waals surface area contributed by atoms with Crippen molar-refractivity contribution in [3.8, 4) is 17.2 Å². The van der Waals surface area contributed by atoms with Crippen molar-refractivity contribution in [1.82, 2.24) is 4.90 Å². The molecule has 140 valence electrons. The summed E-state index contributed by atoms with van der Waals surface area (Å²) in [6.45, 7) is 6.66. The third-order valence-corrected chi connectivity index (χ3v) is 4.63. The number of hydrogen-bond donors (Lipinski definition) is 0. The Labute approximate surface area is 159 Å². The molecule has 1 amide bonds. The van der Waals surface area contributed by atoms with Gasteiger partial charge in [0, 0.05) is 19.0 Å². The number of amides is 1. The highest BCUT2D eigenvalue weighted by Crippen LogP contribution is 2.33. The van der Waals surface area contributed by atoms with Crippen LogP contribution in [0.4, 0.5) is 9.18 Å². The summed E-state index contributed by atoms with van der Waals surface area (Å²) < 4.78 is 18.6. The molecular formula is C22H23FN2O2. The summed E-state index contributed by atoms with van der Waals surface area (Å²) in [5, 5.41) is 9.50. The van der Waals surface area contributed by atoms with Gasteiger partial charge in [0.25, 0.3) is 0 Å². The fraction of sp³-hybridized carbons (Fsp3) is 0.364. The van der Waals surface area contributed by atoms with E-state index in [1.165, 1.54) is 12.1 Å². The second-order valence-electron chi connectivity index (χ2n) is 7.83. The third kappa shape index (κ3) is 4.46. The molecule has 4 nitrogen and oxygen atoms in total. The molecule has 2 aromatic carbocycles. The zero-order valence-electron chi connectivity index (χ0n) is 15.8. The van der Waals surface area contributed by atoms with Crippen molar-refractivity contribution in [3.63, 3.8) is 0 Å². The normalized spacial score (nSPS) is 16.9. The first-order chi connectivity index (χ1) is 12.8. The fourth-order valence-corrected chi connectivity index (χ4v) is 3.33. The maximum absolute atomic E-state index is 13.2. The van der Waals surface area contributed by atoms with Gasteiger partial charge < -0.3 is 9.64 Å². The first-order valence-electron chi connectivity index (χ1n) is 9.05. The van der Waals surface area contributed by atoms with Crippen molar-refractivity contribution in [1.29, 1.82) is 5.26 Å². The highest BCUT2D eigenvalue weighted by molar-refractivity contribution is 5.69. The van der Waals surface area contributed by atoms with Crippen LogP contribution < -0.4 is 0 Å². The lowest BCUT2D eigenvalue weighted by Crippen LogP contribution is -2.35. The summed E-state index contributed by atoms with van der Waals surface area (Å²) in [4.78, 5) is 14.0. The van der Waals surface area contributed by atoms with Crippen LogP contribution in [0, 0.1) is 17.1 Å². The molecule has 1 aliphatic rings. The van der Waals surface area contributed by atoms with Gasteiger partial charge in [-0.05, 0) is 68.1 Å². The lowest BCUT2D eigenvalue weighted by Gasteiger charge is -2.24. The molecule has 1 saturated heterocycles. The van der Waals surface area contributed by atoms with Gasteiger partial charge in [-0.25, -0.2) is 9.18 Å². The maximum Gasteiger partial charge on any atom is 0.410 e. The summed E-state index contributed by atoms with van der Waals surface area (Å²) in [5.74, 6) is -0.205. The molecule has 0 spiro atoms. The molecule has 5 heteroatoms. The molecule has 1 fully saturated rings. The summed E-state index contributed by atoms with van der Waals surface area (Å²) in [7, 11) is 0. The van der Waals surface area contributed by atoms with E-state index in [0.717, 1.165) is 23.1 Å². The lowest BCUT2D eigenvalue weighted by atomic mass is 9.90. The van der Waals surface area contributed by atoms with E-state index in [9.17, 15) is 14.4 Å². The molecule has 0 N–H and O–H groups in total. The minimum atomic E-state index is -0.532. The Kier molecular flexibility index (Phi) is 5.18. The van der Waals surface area contributed by atoms with E-state index in [4.69, 9.17) is 4.74 Å². The fourth-order valence-electron chi connectivity index (χ4n) is 3.33. The number of hydrogen-bond acceptors (Lipinski definition) is 3. The van der Waals surface area contributed by atoms with Crippen molar-refractivity contribution < 1.29 is 13.9 Å². The van der Waals surface area contributed by atoms with Gasteiger partial charge in [0.2, 0.25) is 0 Å². The lowest BCUT2D eigenvalue weighted by molar-refractivity contribution is 0.0292. The van der Waals surface area contributed by atoms with Crippen LogP contribution in [0.25, 0.3) is 11.1 Å². The minimum absolute atomic E-state index is 0.0765. The number of carbonyl (C=O) groups is 1. The van der Waals surface area contributed by atoms with Crippen LogP contribution >= 0.6 is 0 Å². The van der Waals surface area contributed by atoms with Crippen LogP contribution in [0.3, 0.4) is 0 Å². The number of ether oxygens (including phenoxy) is 1. The molecule has 0 aromatic heterocycles. The summed E-state index contributed by atoms with van der Waals surface area (Å²) in [6.07, 6.45) is 0.457. The average molecular weight is 366 g/mol. The van der Waals surface area contributed by atoms with E-state index >= 15 is 0 Å². The molecule has 0 aliphatic carbocycles. The number of carbonyl (C=O) groups excluding carboxylic acids is 1. The number of rotatable bonds is 2. The second-order valence-corrected chi connectivity index (χ2v) is 7.83. The molecule has 2 aromatic rings. The zero-order chi connectivity index (χ0) is 19.6. The number of likely N-dealkylation sites (tertiary alicyclic amines) is 1. The average Bonchev–Trinajstić information content (AvgIpc) is 3.10. The molecule has 0 radical (unpaired) electrons. The van der Waals surface area contributed by atoms with Crippen molar-refractivity contribution in [2.45, 2.75) is 38.7 Å². The van der Waals surface area contributed by atoms with E-state index in [2.05, 4.69) is 6.07 Å². The first-order valence-corrected chi connectivity index (χ1v) is 9.05. The molecule has 0 bridgehead atoms. The minimum Gasteiger partial charge on any atom is -0.444 e. The highest BCUT2D eigenvalue weighted by atomic mass is 19.1. The summed E-state index contributed by atoms with van der Waals surface area (Å²) in [6, 6.07) is 14.2. The Hall–Kier alpha value is -2.87. The van der Waals surface area contributed by atoms with E-state index in [0.29, 0.717) is 18.7 Å². The van der Waals surface area contributed by atoms with Crippen molar-refractivity contribution in [2.75, 3.05) is 13.1 Å². The SMILES string of the molecule is CC(C)(C)OC(=O)N1CCC(c2cc(-c3ccc(F)cc3)ccc2C#N)C1. The zero-order valence-corrected chi connectivity index (χ0v) is 15.8. The van der Waals surface area contributed by atoms with Gasteiger partial charge in [-0.2, -0.15) is 5.26 Å². The summed E-state index contributed by atoms with van der Waals surface area (Å²) in [5.41, 5.74) is 2.82. The molecular weight excluding hydrogens is 343 g/mol. The molecule has 1 atom stereocenters. The van der Waals surface area contributed by atoms with Crippen LogP contribution in [-0.4, -0.2) is 29.7 Å². The highest BCUT2D eigenvalue weighted by Gasteiger charge is 2.31. The Morgan fingerprint density at radius 1 is 1.19 bits per heavy atom. The maximum atomic E-state index is 13.2. The smallest absolute Gasteiger partial charge is 0.410 e. The Balaban J connectivity index is 1.84. The molecule has 1 aliphatic heterocycles. The quantitative estimate of drug-likeness (QED) is 0.744. The van der Waals surface area contributed by atoms with Crippen molar-refractivity contribution >= 4 is 6.09 Å². The standard InChI is InChI=1S/C22H23FN2O2/c1-22(2,3)27-21(26)25-11-10-18(14-25)20-12-16(4-5-17(20)13-24)15-6-8-19(23)9-7-15/h4-9,12,18H,10-11,14H2,1-3H3. The number of nitrogens with zero attached hydrogens (tertiary/aromatic N) is 2. The van der Waals surface area contributed by atoms with E-state index in [1.54, 1.807) is 23.1 Å². The van der Waals surface area contributed by atoms with Gasteiger partial charge in [-0.15, -0.1) is 0 Å². The van der Waals surface area contributed by atoms with Crippen LogP contribution in [0.2, 0.25) is 0 Å². The predicted molar refractivity (Wildman–Crippen MR) is 102 cm³/mol. The van der Waals surface area contributed by atoms with Gasteiger partial charge in [0.15, 0.2) is 0 Å². The Morgan fingerprint density at radius 3 is 2.48 bits per heavy atom. The molecule has 1 heterocycles. The van der Waals surface area contributed by atoms with Crippen LogP contribution in [0.15, 0.2) is 42.5 Å². The van der Waals surface area contributed by atoms with Crippen LogP contribution in [0.5, 0.6) is 0 Å². The molecule has 27 heavy (non-hydrogen) atoms. The van der Waals surface area contributed by atoms with Gasteiger partial charge in [-0.1, -0.05) is 18.2 Å². The van der Waals surface area contributed by atoms with Gasteiger partial charge in [0.1, 0.15) is 11.4 Å². The van der Waals surface area contributed by atoms with Crippen molar-refractivity contribution in [2.24, 2.45) is 0 Å². The van der Waals surface area contributed by atoms with E-state index < -0.39 is 5.60 Å². The third-order valence-electron chi connectivity index (χ3n) is 4.63. The van der Waals surface area contributed by atoms with E-state index in [1.807, 2.05) is 32.9 Å². The monoisotopic (exact) mass is 366 g/mol. The molecule has 3 rings (SSSR count). The largest absolute Gasteiger partial charge is 0.444 e. The second kappa shape index (κ2) is 7.40. The molecule has 0 saturated carbocycles. The first kappa shape index (κ1) is 18.9. The predicted octanol–water partition coefficient (Wildman–Crippen LogP) is 5.09.